The van der Waals surface area contributed by atoms with Crippen molar-refractivity contribution in [2.24, 2.45) is 5.73 Å². The molecule has 7 nitrogen and oxygen atoms in total. The highest BCUT2D eigenvalue weighted by Crippen LogP contribution is 2.24. The Morgan fingerprint density at radius 2 is 2.14 bits per heavy atom. The van der Waals surface area contributed by atoms with E-state index in [9.17, 15) is 14.4 Å². The zero-order chi connectivity index (χ0) is 15.4. The lowest BCUT2D eigenvalue weighted by Gasteiger charge is -2.18. The van der Waals surface area contributed by atoms with Crippen LogP contribution in [0, 0.1) is 0 Å². The van der Waals surface area contributed by atoms with Gasteiger partial charge in [-0.25, -0.2) is 4.79 Å². The largest absolute Gasteiger partial charge is 0.374 e. The molecule has 1 unspecified atom stereocenters. The van der Waals surface area contributed by atoms with Crippen LogP contribution in [0.25, 0.3) is 0 Å². The Hall–Kier alpha value is -2.57. The van der Waals surface area contributed by atoms with Gasteiger partial charge in [0.05, 0.1) is 0 Å². The number of hydrogen-bond acceptors (Lipinski definition) is 4. The second-order valence-corrected chi connectivity index (χ2v) is 4.92. The van der Waals surface area contributed by atoms with Gasteiger partial charge in [0.2, 0.25) is 11.8 Å². The van der Waals surface area contributed by atoms with Crippen LogP contribution in [-0.4, -0.2) is 30.4 Å². The molecule has 0 saturated carbocycles. The van der Waals surface area contributed by atoms with Crippen molar-refractivity contribution in [3.05, 3.63) is 24.3 Å². The van der Waals surface area contributed by atoms with E-state index in [-0.39, 0.29) is 5.91 Å². The monoisotopic (exact) mass is 290 g/mol. The molecule has 7 heteroatoms. The third-order valence-corrected chi connectivity index (χ3v) is 3.25. The van der Waals surface area contributed by atoms with E-state index < -0.39 is 18.0 Å². The number of benzene rings is 1. The van der Waals surface area contributed by atoms with Crippen LogP contribution in [0.4, 0.5) is 16.2 Å². The molecule has 4 amide bonds. The first-order chi connectivity index (χ1) is 9.97. The fourth-order valence-electron chi connectivity index (χ4n) is 2.23. The van der Waals surface area contributed by atoms with Gasteiger partial charge in [0.15, 0.2) is 0 Å². The summed E-state index contributed by atoms with van der Waals surface area (Å²) >= 11 is 0. The summed E-state index contributed by atoms with van der Waals surface area (Å²) in [6.45, 7) is 2.33. The van der Waals surface area contributed by atoms with E-state index in [4.69, 9.17) is 5.73 Å². The molecule has 0 radical (unpaired) electrons. The lowest BCUT2D eigenvalue weighted by atomic mass is 10.2. The van der Waals surface area contributed by atoms with E-state index in [0.717, 1.165) is 12.1 Å². The molecule has 1 aliphatic rings. The van der Waals surface area contributed by atoms with Crippen molar-refractivity contribution in [3.8, 4) is 0 Å². The predicted molar refractivity (Wildman–Crippen MR) is 78.8 cm³/mol. The molecule has 1 fully saturated rings. The Morgan fingerprint density at radius 1 is 1.38 bits per heavy atom. The number of hydrogen-bond donors (Lipinski definition) is 3. The molecule has 1 aliphatic heterocycles. The third-order valence-electron chi connectivity index (χ3n) is 3.25. The first-order valence-corrected chi connectivity index (χ1v) is 6.74. The number of rotatable bonds is 4. The summed E-state index contributed by atoms with van der Waals surface area (Å²) in [6.07, 6.45) is 1.42. The molecular weight excluding hydrogens is 272 g/mol. The average Bonchev–Trinajstić information content (AvgIpc) is 2.84. The Kier molecular flexibility index (Phi) is 4.42. The zero-order valence-electron chi connectivity index (χ0n) is 11.8. The van der Waals surface area contributed by atoms with Crippen molar-refractivity contribution in [1.82, 2.24) is 5.32 Å². The summed E-state index contributed by atoms with van der Waals surface area (Å²) in [7, 11) is 0. The molecule has 2 rings (SSSR count). The minimum atomic E-state index is -0.884. The maximum absolute atomic E-state index is 11.7. The topological polar surface area (TPSA) is 105 Å². The average molecular weight is 290 g/mol. The second-order valence-electron chi connectivity index (χ2n) is 4.92. The smallest absolute Gasteiger partial charge is 0.318 e. The van der Waals surface area contributed by atoms with Crippen LogP contribution in [-0.2, 0) is 9.59 Å². The molecule has 1 aromatic carbocycles. The van der Waals surface area contributed by atoms with Gasteiger partial charge in [-0.05, 0) is 31.5 Å². The van der Waals surface area contributed by atoms with E-state index in [2.05, 4.69) is 5.32 Å². The summed E-state index contributed by atoms with van der Waals surface area (Å²) in [5.41, 5.74) is 6.39. The van der Waals surface area contributed by atoms with Crippen LogP contribution in [0.5, 0.6) is 0 Å². The minimum absolute atomic E-state index is 0.103. The molecule has 21 heavy (non-hydrogen) atoms. The zero-order valence-corrected chi connectivity index (χ0v) is 11.8. The van der Waals surface area contributed by atoms with Crippen LogP contribution in [0.15, 0.2) is 24.3 Å². The molecule has 0 bridgehead atoms. The first kappa shape index (κ1) is 14.8. The van der Waals surface area contributed by atoms with Gasteiger partial charge in [0, 0.05) is 24.3 Å². The third kappa shape index (κ3) is 3.71. The minimum Gasteiger partial charge on any atom is -0.374 e. The number of carbonyl (C=O) groups is 3. The van der Waals surface area contributed by atoms with Crippen molar-refractivity contribution in [3.63, 3.8) is 0 Å². The maximum atomic E-state index is 11.7. The van der Waals surface area contributed by atoms with Crippen LogP contribution in [0.3, 0.4) is 0 Å². The van der Waals surface area contributed by atoms with Gasteiger partial charge in [-0.2, -0.15) is 0 Å². The highest BCUT2D eigenvalue weighted by Gasteiger charge is 2.22. The molecule has 1 saturated heterocycles. The van der Waals surface area contributed by atoms with Gasteiger partial charge in [0.25, 0.3) is 0 Å². The molecule has 1 atom stereocenters. The van der Waals surface area contributed by atoms with Gasteiger partial charge >= 0.3 is 6.03 Å². The summed E-state index contributed by atoms with van der Waals surface area (Å²) in [6, 6.07) is 5.74. The fraction of sp³-hybridized carbons (Fsp3) is 0.357. The standard InChI is InChI=1S/C14H18N4O3/c1-9(13(20)17-14(15)21)16-10-4-2-5-11(8-10)18-7-3-6-12(18)19/h2,4-5,8-9,16H,3,6-7H2,1H3,(H3,15,17,20,21). The summed E-state index contributed by atoms with van der Waals surface area (Å²) < 4.78 is 0. The molecule has 0 aromatic heterocycles. The quantitative estimate of drug-likeness (QED) is 0.763. The van der Waals surface area contributed by atoms with Crippen molar-refractivity contribution >= 4 is 29.2 Å². The summed E-state index contributed by atoms with van der Waals surface area (Å²) in [5, 5.41) is 4.98. The SMILES string of the molecule is CC(Nc1cccc(N2CCCC2=O)c1)C(=O)NC(N)=O. The van der Waals surface area contributed by atoms with Crippen LogP contribution < -0.4 is 21.3 Å². The van der Waals surface area contributed by atoms with Gasteiger partial charge < -0.3 is 16.0 Å². The summed E-state index contributed by atoms with van der Waals surface area (Å²) in [4.78, 5) is 35.7. The van der Waals surface area contributed by atoms with E-state index in [1.807, 2.05) is 17.4 Å². The van der Waals surface area contributed by atoms with Gasteiger partial charge in [-0.15, -0.1) is 0 Å². The number of amides is 4. The number of imide groups is 1. The van der Waals surface area contributed by atoms with Gasteiger partial charge in [-0.1, -0.05) is 6.07 Å². The maximum Gasteiger partial charge on any atom is 0.318 e. The normalized spacial score (nSPS) is 15.7. The second kappa shape index (κ2) is 6.25. The van der Waals surface area contributed by atoms with E-state index in [1.165, 1.54) is 0 Å². The molecule has 1 heterocycles. The summed E-state index contributed by atoms with van der Waals surface area (Å²) in [5.74, 6) is -0.406. The van der Waals surface area contributed by atoms with Gasteiger partial charge in [0.1, 0.15) is 6.04 Å². The lowest BCUT2D eigenvalue weighted by Crippen LogP contribution is -2.43. The number of carbonyl (C=O) groups excluding carboxylic acids is 3. The Balaban J connectivity index is 2.05. The van der Waals surface area contributed by atoms with E-state index in [0.29, 0.717) is 18.7 Å². The number of primary amides is 1. The molecule has 112 valence electrons. The van der Waals surface area contributed by atoms with E-state index >= 15 is 0 Å². The Labute approximate surface area is 122 Å². The van der Waals surface area contributed by atoms with Crippen molar-refractivity contribution in [1.29, 1.82) is 0 Å². The molecule has 4 N–H and O–H groups in total. The van der Waals surface area contributed by atoms with Crippen LogP contribution in [0.1, 0.15) is 19.8 Å². The molecule has 0 aliphatic carbocycles. The Bertz CT molecular complexity index is 573. The highest BCUT2D eigenvalue weighted by molar-refractivity contribution is 5.98. The lowest BCUT2D eigenvalue weighted by molar-refractivity contribution is -0.120. The Morgan fingerprint density at radius 3 is 2.76 bits per heavy atom. The van der Waals surface area contributed by atoms with Crippen molar-refractivity contribution in [2.45, 2.75) is 25.8 Å². The van der Waals surface area contributed by atoms with Crippen LogP contribution >= 0.6 is 0 Å². The molecule has 1 aromatic rings. The number of nitrogens with two attached hydrogens (primary N) is 1. The van der Waals surface area contributed by atoms with Crippen molar-refractivity contribution < 1.29 is 14.4 Å². The number of urea groups is 1. The predicted octanol–water partition coefficient (Wildman–Crippen LogP) is 0.809. The molecule has 0 spiro atoms. The molecular formula is C14H18N4O3. The van der Waals surface area contributed by atoms with Crippen LogP contribution in [0.2, 0.25) is 0 Å². The van der Waals surface area contributed by atoms with E-state index in [1.54, 1.807) is 24.0 Å². The number of nitrogens with one attached hydrogen (secondary N) is 2. The fourth-order valence-corrected chi connectivity index (χ4v) is 2.23. The first-order valence-electron chi connectivity index (χ1n) is 6.74. The van der Waals surface area contributed by atoms with Crippen molar-refractivity contribution in [2.75, 3.05) is 16.8 Å². The number of anilines is 2. The highest BCUT2D eigenvalue weighted by atomic mass is 16.2. The van der Waals surface area contributed by atoms with Gasteiger partial charge in [-0.3, -0.25) is 14.9 Å². The number of nitrogens with zero attached hydrogens (tertiary/aromatic N) is 1.